The number of rotatable bonds is 3. The number of hydrogen-bond donors (Lipinski definition) is 1. The predicted molar refractivity (Wildman–Crippen MR) is 123 cm³/mol. The van der Waals surface area contributed by atoms with Gasteiger partial charge >= 0.3 is 6.18 Å². The van der Waals surface area contributed by atoms with Gasteiger partial charge in [0, 0.05) is 43.2 Å². The zero-order valence-corrected chi connectivity index (χ0v) is 18.8. The maximum absolute atomic E-state index is 12.8. The van der Waals surface area contributed by atoms with Crippen molar-refractivity contribution >= 4 is 28.4 Å². The smallest absolute Gasteiger partial charge is 0.339 e. The van der Waals surface area contributed by atoms with Gasteiger partial charge in [0.2, 0.25) is 5.91 Å². The average molecular weight is 484 g/mol. The van der Waals surface area contributed by atoms with Crippen molar-refractivity contribution in [3.05, 3.63) is 69.8 Å². The topological polar surface area (TPSA) is 84.3 Å². The van der Waals surface area contributed by atoms with Crippen LogP contribution in [0.15, 0.2) is 47.3 Å². The summed E-state index contributed by atoms with van der Waals surface area (Å²) in [4.78, 5) is 44.4. The number of anilines is 1. The van der Waals surface area contributed by atoms with Crippen LogP contribution in [0.3, 0.4) is 0 Å². The summed E-state index contributed by atoms with van der Waals surface area (Å²) in [6.07, 6.45) is -1.91. The van der Waals surface area contributed by atoms with Gasteiger partial charge in [0.1, 0.15) is 5.82 Å². The van der Waals surface area contributed by atoms with Gasteiger partial charge in [0.25, 0.3) is 11.5 Å². The molecule has 7 nitrogen and oxygen atoms in total. The minimum atomic E-state index is -4.46. The molecule has 0 unspecified atom stereocenters. The molecule has 0 aliphatic carbocycles. The third-order valence-corrected chi connectivity index (χ3v) is 6.69. The second-order valence-corrected chi connectivity index (χ2v) is 8.95. The number of carbonyl (C=O) groups is 2. The molecule has 0 bridgehead atoms. The first-order valence-corrected chi connectivity index (χ1v) is 11.5. The van der Waals surface area contributed by atoms with Gasteiger partial charge in [0.15, 0.2) is 0 Å². The lowest BCUT2D eigenvalue weighted by atomic mass is 9.95. The van der Waals surface area contributed by atoms with E-state index < -0.39 is 11.7 Å². The second-order valence-electron chi connectivity index (χ2n) is 8.95. The number of aryl methyl sites for hydroxylation is 1. The number of halogens is 3. The fourth-order valence-corrected chi connectivity index (χ4v) is 4.73. The molecular weight excluding hydrogens is 461 g/mol. The Balaban J connectivity index is 1.21. The van der Waals surface area contributed by atoms with E-state index in [2.05, 4.69) is 10.3 Å². The summed E-state index contributed by atoms with van der Waals surface area (Å²) in [5.74, 6) is -0.0775. The lowest BCUT2D eigenvalue weighted by Crippen LogP contribution is -2.41. The highest BCUT2D eigenvalue weighted by Gasteiger charge is 2.31. The van der Waals surface area contributed by atoms with Gasteiger partial charge in [0.05, 0.1) is 16.5 Å². The number of aromatic nitrogens is 2. The summed E-state index contributed by atoms with van der Waals surface area (Å²) in [6, 6.07) is 9.25. The number of alkyl halides is 3. The molecule has 0 saturated carbocycles. The molecular formula is C25H23F3N4O3. The van der Waals surface area contributed by atoms with Crippen molar-refractivity contribution in [1.29, 1.82) is 0 Å². The highest BCUT2D eigenvalue weighted by atomic mass is 19.4. The van der Waals surface area contributed by atoms with Crippen LogP contribution >= 0.6 is 0 Å². The van der Waals surface area contributed by atoms with Crippen molar-refractivity contribution in [3.8, 4) is 0 Å². The molecule has 182 valence electrons. The zero-order chi connectivity index (χ0) is 24.7. The van der Waals surface area contributed by atoms with Crippen molar-refractivity contribution in [1.82, 2.24) is 14.5 Å². The van der Waals surface area contributed by atoms with Gasteiger partial charge in [-0.3, -0.25) is 19.0 Å². The van der Waals surface area contributed by atoms with Crippen LogP contribution in [-0.2, 0) is 23.9 Å². The number of piperidine rings is 1. The van der Waals surface area contributed by atoms with Crippen LogP contribution in [0.1, 0.15) is 41.0 Å². The second kappa shape index (κ2) is 8.83. The standard InChI is InChI=1S/C25H23F3N4O3/c26-25(27,28)17-5-3-16(4-6-17)23(34)31-12-9-15(10-13-31)22(33)29-18-7-8-20-19(14-18)24(35)32-11-1-2-21(32)30-20/h3-8,14-15H,1-2,9-13H2,(H,29,33). The summed E-state index contributed by atoms with van der Waals surface area (Å²) in [6.45, 7) is 1.30. The molecule has 5 rings (SSSR count). The molecule has 2 amide bonds. The summed E-state index contributed by atoms with van der Waals surface area (Å²) < 4.78 is 39.9. The molecule has 35 heavy (non-hydrogen) atoms. The van der Waals surface area contributed by atoms with Crippen LogP contribution in [0.5, 0.6) is 0 Å². The number of amides is 2. The van der Waals surface area contributed by atoms with Crippen molar-refractivity contribution < 1.29 is 22.8 Å². The lowest BCUT2D eigenvalue weighted by Gasteiger charge is -2.31. The highest BCUT2D eigenvalue weighted by Crippen LogP contribution is 2.29. The van der Waals surface area contributed by atoms with Crippen LogP contribution in [-0.4, -0.2) is 39.4 Å². The first kappa shape index (κ1) is 23.1. The van der Waals surface area contributed by atoms with Crippen molar-refractivity contribution in [2.24, 2.45) is 5.92 Å². The molecule has 1 saturated heterocycles. The maximum atomic E-state index is 12.8. The summed E-state index contributed by atoms with van der Waals surface area (Å²) in [7, 11) is 0. The molecule has 10 heteroatoms. The molecule has 2 aromatic carbocycles. The molecule has 0 spiro atoms. The summed E-state index contributed by atoms with van der Waals surface area (Å²) >= 11 is 0. The zero-order valence-electron chi connectivity index (χ0n) is 18.8. The highest BCUT2D eigenvalue weighted by molar-refractivity contribution is 5.96. The van der Waals surface area contributed by atoms with E-state index >= 15 is 0 Å². The van der Waals surface area contributed by atoms with Crippen LogP contribution in [0.25, 0.3) is 10.9 Å². The Hall–Kier alpha value is -3.69. The Morgan fingerprint density at radius 1 is 1.00 bits per heavy atom. The minimum absolute atomic E-state index is 0.103. The lowest BCUT2D eigenvalue weighted by molar-refractivity contribution is -0.137. The number of nitrogens with one attached hydrogen (secondary N) is 1. The third kappa shape index (κ3) is 4.52. The van der Waals surface area contributed by atoms with E-state index in [1.165, 1.54) is 12.1 Å². The number of nitrogens with zero attached hydrogens (tertiary/aromatic N) is 3. The third-order valence-electron chi connectivity index (χ3n) is 6.69. The first-order valence-electron chi connectivity index (χ1n) is 11.5. The average Bonchev–Trinajstić information content (AvgIpc) is 3.33. The molecule has 0 atom stereocenters. The Morgan fingerprint density at radius 3 is 2.40 bits per heavy atom. The monoisotopic (exact) mass is 484 g/mol. The largest absolute Gasteiger partial charge is 0.416 e. The number of hydrogen-bond acceptors (Lipinski definition) is 4. The SMILES string of the molecule is O=C(Nc1ccc2nc3n(c(=O)c2c1)CCC3)C1CCN(C(=O)c2ccc(C(F)(F)F)cc2)CC1. The molecule has 3 heterocycles. The first-order chi connectivity index (χ1) is 16.7. The van der Waals surface area contributed by atoms with Crippen molar-refractivity contribution in [2.75, 3.05) is 18.4 Å². The number of likely N-dealkylation sites (tertiary alicyclic amines) is 1. The van der Waals surface area contributed by atoms with Crippen LogP contribution in [0.4, 0.5) is 18.9 Å². The number of carbonyl (C=O) groups excluding carboxylic acids is 2. The molecule has 1 aromatic heterocycles. The Morgan fingerprint density at radius 2 is 1.71 bits per heavy atom. The minimum Gasteiger partial charge on any atom is -0.339 e. The van der Waals surface area contributed by atoms with Gasteiger partial charge in [-0.05, 0) is 61.7 Å². The van der Waals surface area contributed by atoms with E-state index in [1.807, 2.05) is 0 Å². The summed E-state index contributed by atoms with van der Waals surface area (Å²) in [5, 5.41) is 3.33. The fraction of sp³-hybridized carbons (Fsp3) is 0.360. The quantitative estimate of drug-likeness (QED) is 0.612. The van der Waals surface area contributed by atoms with E-state index in [4.69, 9.17) is 0 Å². The van der Waals surface area contributed by atoms with E-state index in [1.54, 1.807) is 27.7 Å². The van der Waals surface area contributed by atoms with E-state index in [0.717, 1.165) is 30.8 Å². The normalized spacial score (nSPS) is 16.4. The van der Waals surface area contributed by atoms with Gasteiger partial charge in [-0.1, -0.05) is 0 Å². The Labute approximate surface area is 198 Å². The summed E-state index contributed by atoms with van der Waals surface area (Å²) in [5.41, 5.74) is 0.401. The molecule has 0 radical (unpaired) electrons. The maximum Gasteiger partial charge on any atom is 0.416 e. The van der Waals surface area contributed by atoms with Gasteiger partial charge in [-0.25, -0.2) is 4.98 Å². The molecule has 1 fully saturated rings. The van der Waals surface area contributed by atoms with E-state index in [9.17, 15) is 27.6 Å². The predicted octanol–water partition coefficient (Wildman–Crippen LogP) is 3.85. The molecule has 2 aliphatic rings. The van der Waals surface area contributed by atoms with E-state index in [0.29, 0.717) is 49.1 Å². The molecule has 1 N–H and O–H groups in total. The van der Waals surface area contributed by atoms with Crippen molar-refractivity contribution in [2.45, 2.75) is 38.4 Å². The van der Waals surface area contributed by atoms with Crippen LogP contribution < -0.4 is 10.9 Å². The number of fused-ring (bicyclic) bond motifs is 2. The molecule has 3 aromatic rings. The fourth-order valence-electron chi connectivity index (χ4n) is 4.73. The van der Waals surface area contributed by atoms with Crippen molar-refractivity contribution in [3.63, 3.8) is 0 Å². The Kier molecular flexibility index (Phi) is 5.82. The number of benzene rings is 2. The van der Waals surface area contributed by atoms with Gasteiger partial charge in [-0.15, -0.1) is 0 Å². The van der Waals surface area contributed by atoms with E-state index in [-0.39, 0.29) is 28.9 Å². The Bertz CT molecular complexity index is 1360. The van der Waals surface area contributed by atoms with Gasteiger partial charge < -0.3 is 10.2 Å². The van der Waals surface area contributed by atoms with Gasteiger partial charge in [-0.2, -0.15) is 13.2 Å². The van der Waals surface area contributed by atoms with Crippen LogP contribution in [0, 0.1) is 5.92 Å². The molecule has 2 aliphatic heterocycles. The van der Waals surface area contributed by atoms with Crippen LogP contribution in [0.2, 0.25) is 0 Å².